The van der Waals surface area contributed by atoms with Gasteiger partial charge in [-0.15, -0.1) is 0 Å². The van der Waals surface area contributed by atoms with Crippen LogP contribution in [0.3, 0.4) is 0 Å². The molecule has 1 fully saturated rings. The molecule has 27 heavy (non-hydrogen) atoms. The maximum atomic E-state index is 12.7. The Balaban J connectivity index is 1.77. The number of ether oxygens (including phenoxy) is 2. The monoisotopic (exact) mass is 373 g/mol. The molecule has 0 aromatic heterocycles. The normalized spacial score (nSPS) is 23.6. The van der Waals surface area contributed by atoms with Crippen molar-refractivity contribution in [1.82, 2.24) is 9.80 Å². The lowest BCUT2D eigenvalue weighted by atomic mass is 9.86. The molecule has 2 aliphatic heterocycles. The summed E-state index contributed by atoms with van der Waals surface area (Å²) in [5.74, 6) is 0.695. The van der Waals surface area contributed by atoms with Crippen molar-refractivity contribution in [2.24, 2.45) is 0 Å². The van der Waals surface area contributed by atoms with Gasteiger partial charge in [0.1, 0.15) is 5.75 Å². The van der Waals surface area contributed by atoms with Crippen LogP contribution in [0.4, 0.5) is 0 Å². The Hall–Kier alpha value is -2.01. The molecule has 0 N–H and O–H groups in total. The molecule has 0 bridgehead atoms. The van der Waals surface area contributed by atoms with E-state index in [2.05, 4.69) is 18.7 Å². The van der Waals surface area contributed by atoms with Crippen molar-refractivity contribution in [3.8, 4) is 5.75 Å². The summed E-state index contributed by atoms with van der Waals surface area (Å²) in [6, 6.07) is 7.86. The average molecular weight is 374 g/mol. The van der Waals surface area contributed by atoms with Gasteiger partial charge in [-0.1, -0.05) is 26.0 Å². The molecule has 0 aliphatic carbocycles. The van der Waals surface area contributed by atoms with Crippen LogP contribution in [0.1, 0.15) is 46.5 Å². The molecule has 0 saturated carbocycles. The van der Waals surface area contributed by atoms with Gasteiger partial charge >= 0.3 is 0 Å². The topological polar surface area (TPSA) is 42.0 Å². The number of rotatable bonds is 8. The largest absolute Gasteiger partial charge is 0.497 e. The van der Waals surface area contributed by atoms with Crippen LogP contribution in [0.5, 0.6) is 5.75 Å². The van der Waals surface area contributed by atoms with Gasteiger partial charge in [0, 0.05) is 32.0 Å². The number of hydrogen-bond donors (Lipinski definition) is 0. The number of benzene rings is 1. The minimum atomic E-state index is -0.682. The van der Waals surface area contributed by atoms with Gasteiger partial charge in [0.25, 0.3) is 0 Å². The van der Waals surface area contributed by atoms with Crippen LogP contribution in [0.25, 0.3) is 0 Å². The fourth-order valence-corrected chi connectivity index (χ4v) is 4.45. The molecule has 1 aromatic carbocycles. The van der Waals surface area contributed by atoms with Gasteiger partial charge in [0.05, 0.1) is 26.6 Å². The van der Waals surface area contributed by atoms with Gasteiger partial charge in [0.2, 0.25) is 5.91 Å². The first-order valence-electron chi connectivity index (χ1n) is 10.5. The molecule has 3 rings (SSSR count). The zero-order valence-electron chi connectivity index (χ0n) is 17.9. The Labute approximate surface area is 164 Å². The number of carbonyl (C=O) groups is 1. The molecule has 1 aromatic rings. The quantitative estimate of drug-likeness (QED) is 0.698. The van der Waals surface area contributed by atoms with E-state index in [-0.39, 0.29) is 17.6 Å². The van der Waals surface area contributed by atoms with Crippen LogP contribution in [0.15, 0.2) is 36.0 Å². The smallest absolute Gasteiger partial charge is 0.249 e. The van der Waals surface area contributed by atoms with E-state index in [1.807, 2.05) is 24.3 Å². The summed E-state index contributed by atoms with van der Waals surface area (Å²) >= 11 is 0. The van der Waals surface area contributed by atoms with Crippen LogP contribution in [0.2, 0.25) is 0 Å². The van der Waals surface area contributed by atoms with E-state index >= 15 is 0 Å². The molecule has 2 aliphatic rings. The zero-order chi connectivity index (χ0) is 20.3. The maximum Gasteiger partial charge on any atom is 0.249 e. The van der Waals surface area contributed by atoms with E-state index in [9.17, 15) is 4.79 Å². The Morgan fingerprint density at radius 3 is 2.52 bits per heavy atom. The fraction of sp³-hybridized carbons (Fsp3) is 0.591. The molecule has 148 valence electrons. The first kappa shape index (κ1) is 18.4. The third-order valence-corrected chi connectivity index (χ3v) is 6.15. The lowest BCUT2D eigenvalue weighted by Gasteiger charge is -2.42. The van der Waals surface area contributed by atoms with Crippen molar-refractivity contribution in [1.29, 1.82) is 0 Å². The first-order valence-corrected chi connectivity index (χ1v) is 9.88. The van der Waals surface area contributed by atoms with Crippen molar-refractivity contribution in [3.63, 3.8) is 0 Å². The summed E-state index contributed by atoms with van der Waals surface area (Å²) in [5.41, 5.74) is 1.57. The van der Waals surface area contributed by atoms with Gasteiger partial charge in [-0.05, 0) is 43.4 Å². The highest BCUT2D eigenvalue weighted by Gasteiger charge is 2.44. The third-order valence-electron chi connectivity index (χ3n) is 6.15. The molecule has 0 unspecified atom stereocenters. The van der Waals surface area contributed by atoms with Crippen molar-refractivity contribution < 1.29 is 15.6 Å². The molecule has 2 heterocycles. The molecule has 1 saturated heterocycles. The lowest BCUT2D eigenvalue weighted by molar-refractivity contribution is -0.125. The molecule has 0 radical (unpaired) electrons. The van der Waals surface area contributed by atoms with Gasteiger partial charge < -0.3 is 19.3 Å². The number of methoxy groups -OCH3 is 2. The number of hydrogen-bond acceptors (Lipinski definition) is 4. The summed E-state index contributed by atoms with van der Waals surface area (Å²) in [4.78, 5) is 16.6. The number of carbonyl (C=O) groups excluding carboxylic acids is 1. The summed E-state index contributed by atoms with van der Waals surface area (Å²) in [5, 5.41) is 0. The zero-order valence-corrected chi connectivity index (χ0v) is 16.9. The first-order chi connectivity index (χ1) is 13.5. The number of amides is 1. The SMILES string of the molecule is [2H][C@H]1C(N2CCC[C@H]2C(CC)(CC)OC)=CC(=O)N1Cc1ccc(OC)cc1. The minimum Gasteiger partial charge on any atom is -0.497 e. The highest BCUT2D eigenvalue weighted by Crippen LogP contribution is 2.37. The molecule has 5 nitrogen and oxygen atoms in total. The Morgan fingerprint density at radius 1 is 1.22 bits per heavy atom. The van der Waals surface area contributed by atoms with Crippen molar-refractivity contribution >= 4 is 5.91 Å². The van der Waals surface area contributed by atoms with Crippen molar-refractivity contribution in [2.45, 2.75) is 57.7 Å². The van der Waals surface area contributed by atoms with E-state index in [0.29, 0.717) is 6.54 Å². The molecule has 1 amide bonds. The summed E-state index contributed by atoms with van der Waals surface area (Å²) in [6.07, 6.45) is 5.59. The van der Waals surface area contributed by atoms with E-state index in [4.69, 9.17) is 10.8 Å². The van der Waals surface area contributed by atoms with E-state index < -0.39 is 6.52 Å². The maximum absolute atomic E-state index is 12.7. The number of nitrogens with zero attached hydrogens (tertiary/aromatic N) is 2. The summed E-state index contributed by atoms with van der Waals surface area (Å²) < 4.78 is 19.9. The average Bonchev–Trinajstić information content (AvgIpc) is 3.31. The number of likely N-dealkylation sites (tertiary alicyclic amines) is 1. The van der Waals surface area contributed by atoms with Crippen LogP contribution in [-0.2, 0) is 16.1 Å². The van der Waals surface area contributed by atoms with E-state index in [1.54, 1.807) is 25.2 Å². The molecule has 2 atom stereocenters. The van der Waals surface area contributed by atoms with Crippen LogP contribution in [-0.4, -0.2) is 54.6 Å². The lowest BCUT2D eigenvalue weighted by Crippen LogP contribution is -2.50. The second-order valence-electron chi connectivity index (χ2n) is 7.34. The van der Waals surface area contributed by atoms with Crippen molar-refractivity contribution in [3.05, 3.63) is 41.6 Å². The highest BCUT2D eigenvalue weighted by atomic mass is 16.5. The second-order valence-corrected chi connectivity index (χ2v) is 7.34. The molecule has 0 spiro atoms. The van der Waals surface area contributed by atoms with Gasteiger partial charge in [-0.2, -0.15) is 0 Å². The molecular formula is C22H32N2O3. The van der Waals surface area contributed by atoms with Gasteiger partial charge in [-0.3, -0.25) is 4.79 Å². The van der Waals surface area contributed by atoms with Crippen molar-refractivity contribution in [2.75, 3.05) is 27.3 Å². The summed E-state index contributed by atoms with van der Waals surface area (Å²) in [7, 11) is 3.42. The standard InChI is InChI=1S/C22H32N2O3/c1-5-22(6-2,27-4)20-8-7-13-24(20)18-14-21(25)23(16-18)15-17-9-11-19(26-3)12-10-17/h9-12,14,20H,5-8,13,15-16H2,1-4H3/t20-/m0/s1/i16D/t16-,20-. The highest BCUT2D eigenvalue weighted by molar-refractivity contribution is 5.91. The fourth-order valence-electron chi connectivity index (χ4n) is 4.45. The van der Waals surface area contributed by atoms with Crippen LogP contribution >= 0.6 is 0 Å². The third kappa shape index (κ3) is 3.84. The van der Waals surface area contributed by atoms with E-state index in [1.165, 1.54) is 0 Å². The molecular weight excluding hydrogens is 340 g/mol. The van der Waals surface area contributed by atoms with Crippen LogP contribution < -0.4 is 4.74 Å². The Morgan fingerprint density at radius 2 is 1.93 bits per heavy atom. The predicted molar refractivity (Wildman–Crippen MR) is 107 cm³/mol. The van der Waals surface area contributed by atoms with Gasteiger partial charge in [0.15, 0.2) is 0 Å². The van der Waals surface area contributed by atoms with Gasteiger partial charge in [-0.25, -0.2) is 0 Å². The van der Waals surface area contributed by atoms with E-state index in [0.717, 1.165) is 49.2 Å². The minimum absolute atomic E-state index is 0.0903. The predicted octanol–water partition coefficient (Wildman–Crippen LogP) is 3.59. The Kier molecular flexibility index (Phi) is 5.67. The van der Waals surface area contributed by atoms with Crippen LogP contribution in [0, 0.1) is 0 Å². The summed E-state index contributed by atoms with van der Waals surface area (Å²) in [6.45, 7) is 4.93. The molecule has 5 heteroatoms. The second kappa shape index (κ2) is 8.34. The Bertz CT molecular complexity index is 707.